The Balaban J connectivity index is 2.03. The monoisotopic (exact) mass is 421 g/mol. The molecule has 9 heteroatoms. The van der Waals surface area contributed by atoms with E-state index in [1.807, 2.05) is 50.2 Å². The van der Waals surface area contributed by atoms with E-state index in [0.29, 0.717) is 0 Å². The predicted molar refractivity (Wildman–Crippen MR) is 118 cm³/mol. The Hall–Kier alpha value is -4.01. The minimum absolute atomic E-state index is 0.0903. The van der Waals surface area contributed by atoms with Crippen LogP contribution in [-0.4, -0.2) is 38.1 Å². The number of para-hydroxylation sites is 1. The molecule has 3 aromatic rings. The summed E-state index contributed by atoms with van der Waals surface area (Å²) in [5, 5.41) is 24.4. The molecule has 0 unspecified atom stereocenters. The molecule has 0 aliphatic carbocycles. The van der Waals surface area contributed by atoms with Crippen LogP contribution in [0.1, 0.15) is 19.4 Å². The lowest BCUT2D eigenvalue weighted by atomic mass is 10.1. The highest BCUT2D eigenvalue weighted by molar-refractivity contribution is 5.81. The lowest BCUT2D eigenvalue weighted by molar-refractivity contribution is -0.383. The third-order valence-corrected chi connectivity index (χ3v) is 4.66. The van der Waals surface area contributed by atoms with Crippen molar-refractivity contribution in [3.8, 4) is 0 Å². The second-order valence-corrected chi connectivity index (χ2v) is 7.18. The van der Waals surface area contributed by atoms with E-state index < -0.39 is 16.9 Å². The summed E-state index contributed by atoms with van der Waals surface area (Å²) in [6.07, 6.45) is 1.34. The molecule has 3 rings (SSSR count). The Morgan fingerprint density at radius 2 is 1.71 bits per heavy atom. The zero-order chi connectivity index (χ0) is 22.4. The molecule has 0 aliphatic heterocycles. The van der Waals surface area contributed by atoms with E-state index in [4.69, 9.17) is 0 Å². The Morgan fingerprint density at radius 1 is 1.10 bits per heavy atom. The van der Waals surface area contributed by atoms with E-state index in [-0.39, 0.29) is 29.8 Å². The molecule has 0 spiro atoms. The van der Waals surface area contributed by atoms with Gasteiger partial charge in [0.15, 0.2) is 0 Å². The Morgan fingerprint density at radius 3 is 2.26 bits per heavy atom. The fourth-order valence-corrected chi connectivity index (χ4v) is 3.29. The van der Waals surface area contributed by atoms with E-state index in [9.17, 15) is 20.0 Å². The van der Waals surface area contributed by atoms with Crippen LogP contribution < -0.4 is 10.2 Å². The van der Waals surface area contributed by atoms with Gasteiger partial charge in [0.05, 0.1) is 4.92 Å². The minimum Gasteiger partial charge on any atom is -0.480 e. The molecule has 0 saturated carbocycles. The first-order chi connectivity index (χ1) is 14.9. The molecule has 1 aromatic heterocycles. The topological polar surface area (TPSA) is 121 Å². The number of nitrogens with zero attached hydrogens (tertiary/aromatic N) is 4. The largest absolute Gasteiger partial charge is 0.480 e. The predicted octanol–water partition coefficient (Wildman–Crippen LogP) is 4.04. The lowest BCUT2D eigenvalue weighted by Crippen LogP contribution is -2.33. The van der Waals surface area contributed by atoms with Crippen LogP contribution in [0, 0.1) is 10.1 Å². The van der Waals surface area contributed by atoms with Crippen molar-refractivity contribution in [3.05, 3.63) is 82.7 Å². The molecule has 2 N–H and O–H groups in total. The summed E-state index contributed by atoms with van der Waals surface area (Å²) >= 11 is 0. The number of hydrogen-bond acceptors (Lipinski definition) is 7. The third-order valence-electron chi connectivity index (χ3n) is 4.66. The molecule has 1 heterocycles. The summed E-state index contributed by atoms with van der Waals surface area (Å²) in [5.74, 6) is -1.19. The molecule has 0 saturated heterocycles. The van der Waals surface area contributed by atoms with E-state index in [0.717, 1.165) is 11.3 Å². The van der Waals surface area contributed by atoms with Gasteiger partial charge in [0, 0.05) is 18.2 Å². The van der Waals surface area contributed by atoms with Crippen LogP contribution in [0.3, 0.4) is 0 Å². The van der Waals surface area contributed by atoms with Crippen molar-refractivity contribution in [3.63, 3.8) is 0 Å². The Labute approximate surface area is 179 Å². The Bertz CT molecular complexity index is 1040. The number of hydrogen-bond donors (Lipinski definition) is 2. The van der Waals surface area contributed by atoms with Gasteiger partial charge < -0.3 is 15.3 Å². The number of aliphatic carboxylic acids is 1. The number of nitro groups is 1. The summed E-state index contributed by atoms with van der Waals surface area (Å²) in [6.45, 7) is 3.78. The number of carboxylic acids is 1. The molecular weight excluding hydrogens is 398 g/mol. The average molecular weight is 421 g/mol. The van der Waals surface area contributed by atoms with Gasteiger partial charge in [-0.3, -0.25) is 10.1 Å². The quantitative estimate of drug-likeness (QED) is 0.392. The fraction of sp³-hybridized carbons (Fsp3) is 0.227. The van der Waals surface area contributed by atoms with Crippen LogP contribution >= 0.6 is 0 Å². The summed E-state index contributed by atoms with van der Waals surface area (Å²) in [7, 11) is 0. The molecule has 0 radical (unpaired) electrons. The van der Waals surface area contributed by atoms with Crippen molar-refractivity contribution in [2.24, 2.45) is 0 Å². The zero-order valence-corrected chi connectivity index (χ0v) is 17.2. The van der Waals surface area contributed by atoms with E-state index in [2.05, 4.69) is 15.3 Å². The minimum atomic E-state index is -1.14. The van der Waals surface area contributed by atoms with Crippen LogP contribution in [0.2, 0.25) is 0 Å². The van der Waals surface area contributed by atoms with Crippen molar-refractivity contribution >= 4 is 29.0 Å². The van der Waals surface area contributed by atoms with Gasteiger partial charge in [-0.15, -0.1) is 0 Å². The molecule has 2 aromatic carbocycles. The molecule has 160 valence electrons. The summed E-state index contributed by atoms with van der Waals surface area (Å²) in [5.41, 5.74) is 1.14. The normalized spacial score (nSPS) is 11.7. The van der Waals surface area contributed by atoms with Crippen LogP contribution in [0.4, 0.5) is 23.0 Å². The molecule has 31 heavy (non-hydrogen) atoms. The van der Waals surface area contributed by atoms with Crippen molar-refractivity contribution in [2.45, 2.75) is 32.4 Å². The second-order valence-electron chi connectivity index (χ2n) is 7.18. The fourth-order valence-electron chi connectivity index (χ4n) is 3.29. The number of anilines is 3. The first-order valence-corrected chi connectivity index (χ1v) is 9.75. The summed E-state index contributed by atoms with van der Waals surface area (Å²) in [4.78, 5) is 33.2. The number of rotatable bonds is 9. The van der Waals surface area contributed by atoms with Crippen molar-refractivity contribution in [2.75, 3.05) is 10.2 Å². The van der Waals surface area contributed by atoms with Crippen LogP contribution in [0.15, 0.2) is 67.0 Å². The van der Waals surface area contributed by atoms with Gasteiger partial charge in [-0.05, 0) is 31.5 Å². The molecule has 9 nitrogen and oxygen atoms in total. The SMILES string of the molecule is CC(C)N(c1ccccc1)c1ncnc(N[C@H](Cc2ccccc2)C(=O)O)c1[N+](=O)[O-]. The van der Waals surface area contributed by atoms with Gasteiger partial charge in [-0.2, -0.15) is 0 Å². The highest BCUT2D eigenvalue weighted by Gasteiger charge is 2.31. The number of carbonyl (C=O) groups is 1. The molecule has 0 fully saturated rings. The van der Waals surface area contributed by atoms with Crippen molar-refractivity contribution < 1.29 is 14.8 Å². The number of aromatic nitrogens is 2. The maximum Gasteiger partial charge on any atom is 0.353 e. The maximum absolute atomic E-state index is 12.0. The highest BCUT2D eigenvalue weighted by Crippen LogP contribution is 2.37. The highest BCUT2D eigenvalue weighted by atomic mass is 16.6. The van der Waals surface area contributed by atoms with E-state index >= 15 is 0 Å². The average Bonchev–Trinajstić information content (AvgIpc) is 2.74. The number of nitrogens with one attached hydrogen (secondary N) is 1. The van der Waals surface area contributed by atoms with Gasteiger partial charge in [0.2, 0.25) is 11.6 Å². The summed E-state index contributed by atoms with van der Waals surface area (Å²) in [6, 6.07) is 17.0. The first-order valence-electron chi connectivity index (χ1n) is 9.75. The van der Waals surface area contributed by atoms with Crippen LogP contribution in [0.5, 0.6) is 0 Å². The zero-order valence-electron chi connectivity index (χ0n) is 17.2. The smallest absolute Gasteiger partial charge is 0.353 e. The lowest BCUT2D eigenvalue weighted by Gasteiger charge is -2.28. The van der Waals surface area contributed by atoms with Crippen molar-refractivity contribution in [1.29, 1.82) is 0 Å². The van der Waals surface area contributed by atoms with Crippen LogP contribution in [-0.2, 0) is 11.2 Å². The van der Waals surface area contributed by atoms with E-state index in [1.165, 1.54) is 6.33 Å². The number of carboxylic acid groups (broad SMARTS) is 1. The van der Waals surface area contributed by atoms with Gasteiger partial charge in [0.1, 0.15) is 12.4 Å². The molecule has 1 atom stereocenters. The summed E-state index contributed by atoms with van der Waals surface area (Å²) < 4.78 is 0. The second kappa shape index (κ2) is 9.66. The third kappa shape index (κ3) is 5.13. The van der Waals surface area contributed by atoms with Crippen molar-refractivity contribution in [1.82, 2.24) is 9.97 Å². The molecular formula is C22H23N5O4. The standard InChI is InChI=1S/C22H23N5O4/c1-15(2)26(17-11-7-4-8-12-17)21-19(27(30)31)20(23-14-24-21)25-18(22(28)29)13-16-9-5-3-6-10-16/h3-12,14-15,18H,13H2,1-2H3,(H,28,29)(H,23,24,25)/t18-/m1/s1. The maximum atomic E-state index is 12.0. The molecule has 0 aliphatic rings. The van der Waals surface area contributed by atoms with Crippen LogP contribution in [0.25, 0.3) is 0 Å². The van der Waals surface area contributed by atoms with Gasteiger partial charge >= 0.3 is 11.7 Å². The van der Waals surface area contributed by atoms with Gasteiger partial charge in [-0.1, -0.05) is 48.5 Å². The van der Waals surface area contributed by atoms with Gasteiger partial charge in [-0.25, -0.2) is 14.8 Å². The molecule has 0 bridgehead atoms. The van der Waals surface area contributed by atoms with Gasteiger partial charge in [0.25, 0.3) is 0 Å². The molecule has 0 amide bonds. The Kier molecular flexibility index (Phi) is 6.76. The van der Waals surface area contributed by atoms with E-state index in [1.54, 1.807) is 29.2 Å². The first kappa shape index (κ1) is 21.7. The number of benzene rings is 2.